The smallest absolute Gasteiger partial charge is 0.250 e. The summed E-state index contributed by atoms with van der Waals surface area (Å²) in [6.45, 7) is 0. The van der Waals surface area contributed by atoms with Crippen molar-refractivity contribution in [2.75, 3.05) is 0 Å². The molecule has 4 nitrogen and oxygen atoms in total. The van der Waals surface area contributed by atoms with Crippen LogP contribution in [0.3, 0.4) is 0 Å². The van der Waals surface area contributed by atoms with Gasteiger partial charge in [0.15, 0.2) is 3.95 Å². The normalized spacial score (nSPS) is 10.5. The molecule has 0 radical (unpaired) electrons. The minimum atomic E-state index is -0.478. The predicted molar refractivity (Wildman–Crippen MR) is 53.3 cm³/mol. The first-order valence-corrected chi connectivity index (χ1v) is 4.68. The van der Waals surface area contributed by atoms with Crippen LogP contribution in [-0.4, -0.2) is 15.9 Å². The number of primary amides is 1. The van der Waals surface area contributed by atoms with Crippen molar-refractivity contribution in [3.63, 3.8) is 0 Å². The van der Waals surface area contributed by atoms with Crippen LogP contribution in [0.1, 0.15) is 10.4 Å². The molecule has 0 saturated carbocycles. The molecule has 0 spiro atoms. The number of hydrogen-bond donors (Lipinski definition) is 2. The number of aromatic nitrogens is 2. The van der Waals surface area contributed by atoms with E-state index in [1.54, 1.807) is 6.07 Å². The number of H-pyrrole nitrogens is 1. The molecule has 66 valence electrons. The molecule has 0 atom stereocenters. The average Bonchev–Trinajstić information content (AvgIpc) is 2.42. The Hall–Kier alpha value is -1.27. The number of rotatable bonds is 1. The Kier molecular flexibility index (Phi) is 1.86. The monoisotopic (exact) mass is 211 g/mol. The van der Waals surface area contributed by atoms with E-state index in [0.717, 1.165) is 4.70 Å². The number of nitrogens with one attached hydrogen (secondary N) is 1. The molecule has 0 aliphatic carbocycles. The van der Waals surface area contributed by atoms with Crippen LogP contribution in [0, 0.1) is 3.95 Å². The number of hydrogen-bond acceptors (Lipinski definition) is 4. The van der Waals surface area contributed by atoms with Crippen LogP contribution >= 0.6 is 23.6 Å². The third-order valence-corrected chi connectivity index (χ3v) is 2.73. The number of nitrogens with zero attached hydrogens (tertiary/aromatic N) is 1. The van der Waals surface area contributed by atoms with E-state index in [-0.39, 0.29) is 0 Å². The molecule has 3 N–H and O–H groups in total. The van der Waals surface area contributed by atoms with Crippen molar-refractivity contribution in [1.29, 1.82) is 0 Å². The number of amides is 1. The molecular formula is C7H5N3OS2. The predicted octanol–water partition coefficient (Wildman–Crippen LogP) is 1.45. The first-order valence-electron chi connectivity index (χ1n) is 3.45. The molecule has 2 aromatic heterocycles. The Morgan fingerprint density at radius 2 is 2.46 bits per heavy atom. The van der Waals surface area contributed by atoms with E-state index in [4.69, 9.17) is 18.0 Å². The number of aromatic amines is 1. The number of fused-ring (bicyclic) bond motifs is 1. The minimum absolute atomic E-state index is 0.401. The van der Waals surface area contributed by atoms with Crippen LogP contribution in [0.2, 0.25) is 0 Å². The Labute approximate surface area is 82.4 Å². The van der Waals surface area contributed by atoms with Crippen molar-refractivity contribution in [1.82, 2.24) is 9.97 Å². The van der Waals surface area contributed by atoms with Gasteiger partial charge < -0.3 is 10.7 Å². The first-order chi connectivity index (χ1) is 6.16. The lowest BCUT2D eigenvalue weighted by Gasteiger charge is -1.92. The summed E-state index contributed by atoms with van der Waals surface area (Å²) in [4.78, 5) is 17.7. The number of pyridine rings is 1. The Morgan fingerprint density at radius 1 is 1.69 bits per heavy atom. The van der Waals surface area contributed by atoms with E-state index in [0.29, 0.717) is 15.2 Å². The van der Waals surface area contributed by atoms with Crippen molar-refractivity contribution in [3.05, 3.63) is 21.8 Å². The lowest BCUT2D eigenvalue weighted by Crippen LogP contribution is -2.10. The van der Waals surface area contributed by atoms with Crippen LogP contribution in [0.15, 0.2) is 12.3 Å². The van der Waals surface area contributed by atoms with Gasteiger partial charge in [0.1, 0.15) is 5.65 Å². The number of carbonyl (C=O) groups is 1. The quantitative estimate of drug-likeness (QED) is 0.701. The van der Waals surface area contributed by atoms with Crippen molar-refractivity contribution in [3.8, 4) is 0 Å². The first kappa shape index (κ1) is 8.33. The zero-order chi connectivity index (χ0) is 9.42. The van der Waals surface area contributed by atoms with Crippen molar-refractivity contribution >= 4 is 39.8 Å². The summed E-state index contributed by atoms with van der Waals surface area (Å²) in [6, 6.07) is 1.68. The van der Waals surface area contributed by atoms with E-state index in [1.807, 2.05) is 0 Å². The second kappa shape index (κ2) is 2.90. The van der Waals surface area contributed by atoms with Gasteiger partial charge in [-0.15, -0.1) is 11.3 Å². The van der Waals surface area contributed by atoms with Crippen LogP contribution in [0.25, 0.3) is 10.3 Å². The molecule has 0 aliphatic heterocycles. The molecule has 0 fully saturated rings. The summed E-state index contributed by atoms with van der Waals surface area (Å²) >= 11 is 6.30. The molecule has 6 heteroatoms. The molecule has 0 saturated heterocycles. The maximum atomic E-state index is 10.8. The second-order valence-corrected chi connectivity index (χ2v) is 4.17. The molecule has 0 unspecified atom stereocenters. The van der Waals surface area contributed by atoms with Gasteiger partial charge in [-0.2, -0.15) is 0 Å². The molecule has 0 bridgehead atoms. The zero-order valence-electron chi connectivity index (χ0n) is 6.40. The summed E-state index contributed by atoms with van der Waals surface area (Å²) in [5.74, 6) is -0.478. The van der Waals surface area contributed by atoms with Gasteiger partial charge in [0.25, 0.3) is 0 Å². The molecule has 0 aromatic carbocycles. The molecule has 13 heavy (non-hydrogen) atoms. The van der Waals surface area contributed by atoms with E-state index in [9.17, 15) is 4.79 Å². The summed E-state index contributed by atoms with van der Waals surface area (Å²) in [5, 5.41) is 0. The molecule has 0 aliphatic rings. The fourth-order valence-electron chi connectivity index (χ4n) is 0.973. The van der Waals surface area contributed by atoms with Crippen LogP contribution < -0.4 is 5.73 Å². The van der Waals surface area contributed by atoms with Crippen LogP contribution in [0.4, 0.5) is 0 Å². The Morgan fingerprint density at radius 3 is 3.15 bits per heavy atom. The molecule has 2 rings (SSSR count). The zero-order valence-corrected chi connectivity index (χ0v) is 8.04. The van der Waals surface area contributed by atoms with Gasteiger partial charge in [-0.3, -0.25) is 4.79 Å². The highest BCUT2D eigenvalue weighted by Gasteiger charge is 2.04. The van der Waals surface area contributed by atoms with Gasteiger partial charge in [-0.1, -0.05) is 0 Å². The lowest BCUT2D eigenvalue weighted by atomic mass is 10.3. The Balaban J connectivity index is 2.74. The van der Waals surface area contributed by atoms with Crippen LogP contribution in [0.5, 0.6) is 0 Å². The highest BCUT2D eigenvalue weighted by molar-refractivity contribution is 7.73. The van der Waals surface area contributed by atoms with Gasteiger partial charge in [-0.05, 0) is 18.3 Å². The highest BCUT2D eigenvalue weighted by Crippen LogP contribution is 2.17. The fourth-order valence-corrected chi connectivity index (χ4v) is 2.07. The van der Waals surface area contributed by atoms with Crippen LogP contribution in [-0.2, 0) is 0 Å². The molecule has 2 aromatic rings. The van der Waals surface area contributed by atoms with Gasteiger partial charge in [-0.25, -0.2) is 4.98 Å². The SMILES string of the molecule is NC(=O)c1cnc2[nH]c(=S)sc2c1. The number of carbonyl (C=O) groups excluding carboxylic acids is 1. The summed E-state index contributed by atoms with van der Waals surface area (Å²) in [7, 11) is 0. The molecule has 1 amide bonds. The standard InChI is InChI=1S/C7H5N3OS2/c8-5(11)3-1-4-6(9-2-3)10-7(12)13-4/h1-2H,(H2,8,11)(H,9,10,12). The van der Waals surface area contributed by atoms with Gasteiger partial charge in [0.05, 0.1) is 10.3 Å². The molecular weight excluding hydrogens is 206 g/mol. The van der Waals surface area contributed by atoms with Gasteiger partial charge in [0.2, 0.25) is 5.91 Å². The van der Waals surface area contributed by atoms with Crippen molar-refractivity contribution < 1.29 is 4.79 Å². The second-order valence-electron chi connectivity index (χ2n) is 2.45. The summed E-state index contributed by atoms with van der Waals surface area (Å²) in [5.41, 5.74) is 6.20. The topological polar surface area (TPSA) is 71.8 Å². The Bertz CT molecular complexity index is 528. The number of nitrogens with two attached hydrogens (primary N) is 1. The van der Waals surface area contributed by atoms with Gasteiger partial charge in [0, 0.05) is 6.20 Å². The van der Waals surface area contributed by atoms with E-state index in [2.05, 4.69) is 9.97 Å². The summed E-state index contributed by atoms with van der Waals surface area (Å²) < 4.78 is 1.49. The number of thiazole rings is 1. The maximum Gasteiger partial charge on any atom is 0.250 e. The third-order valence-electron chi connectivity index (χ3n) is 1.56. The minimum Gasteiger partial charge on any atom is -0.366 e. The van der Waals surface area contributed by atoms with E-state index >= 15 is 0 Å². The van der Waals surface area contributed by atoms with E-state index < -0.39 is 5.91 Å². The lowest BCUT2D eigenvalue weighted by molar-refractivity contribution is 0.1000. The maximum absolute atomic E-state index is 10.8. The van der Waals surface area contributed by atoms with E-state index in [1.165, 1.54) is 17.5 Å². The third kappa shape index (κ3) is 1.45. The molecule has 2 heterocycles. The average molecular weight is 211 g/mol. The summed E-state index contributed by atoms with van der Waals surface area (Å²) in [6.07, 6.45) is 1.43. The largest absolute Gasteiger partial charge is 0.366 e. The van der Waals surface area contributed by atoms with Crippen molar-refractivity contribution in [2.24, 2.45) is 5.73 Å². The fraction of sp³-hybridized carbons (Fsp3) is 0. The van der Waals surface area contributed by atoms with Gasteiger partial charge >= 0.3 is 0 Å². The van der Waals surface area contributed by atoms with Crippen molar-refractivity contribution in [2.45, 2.75) is 0 Å². The highest BCUT2D eigenvalue weighted by atomic mass is 32.1.